The quantitative estimate of drug-likeness (QED) is 0.544. The summed E-state index contributed by atoms with van der Waals surface area (Å²) in [6.45, 7) is 7.36. The summed E-state index contributed by atoms with van der Waals surface area (Å²) in [4.78, 5) is 27.9. The Balaban J connectivity index is 1.91. The van der Waals surface area contributed by atoms with Crippen molar-refractivity contribution in [3.05, 3.63) is 65.2 Å². The van der Waals surface area contributed by atoms with Gasteiger partial charge in [0.15, 0.2) is 0 Å². The second-order valence-electron chi connectivity index (χ2n) is 8.15. The number of rotatable bonds is 8. The molecule has 178 valence electrons. The van der Waals surface area contributed by atoms with Gasteiger partial charge in [0.2, 0.25) is 16.1 Å². The Morgan fingerprint density at radius 2 is 1.64 bits per heavy atom. The van der Waals surface area contributed by atoms with E-state index in [1.54, 1.807) is 42.2 Å². The highest BCUT2D eigenvalue weighted by Crippen LogP contribution is 2.27. The molecular formula is C25H32N2O5S. The smallest absolute Gasteiger partial charge is 0.339 e. The molecule has 2 aromatic rings. The molecule has 3 rings (SSSR count). The molecule has 1 heterocycles. The number of aryl methyl sites for hydroxylation is 1. The Labute approximate surface area is 196 Å². The molecule has 0 saturated carbocycles. The van der Waals surface area contributed by atoms with Crippen molar-refractivity contribution in [3.63, 3.8) is 0 Å². The molecule has 0 radical (unpaired) electrons. The number of hydrogen-bond acceptors (Lipinski definition) is 5. The zero-order valence-corrected chi connectivity index (χ0v) is 20.3. The zero-order valence-electron chi connectivity index (χ0n) is 19.5. The third-order valence-corrected chi connectivity index (χ3v) is 8.02. The number of sulfonamides is 1. The van der Waals surface area contributed by atoms with Crippen LogP contribution in [0.1, 0.15) is 60.7 Å². The van der Waals surface area contributed by atoms with Gasteiger partial charge >= 0.3 is 5.97 Å². The van der Waals surface area contributed by atoms with Gasteiger partial charge in [-0.15, -0.1) is 0 Å². The van der Waals surface area contributed by atoms with Gasteiger partial charge in [-0.3, -0.25) is 4.79 Å². The van der Waals surface area contributed by atoms with Crippen molar-refractivity contribution >= 4 is 21.9 Å². The van der Waals surface area contributed by atoms with Crippen LogP contribution in [0.2, 0.25) is 0 Å². The van der Waals surface area contributed by atoms with Crippen molar-refractivity contribution in [2.75, 3.05) is 26.2 Å². The van der Waals surface area contributed by atoms with Crippen molar-refractivity contribution in [3.8, 4) is 0 Å². The zero-order chi connectivity index (χ0) is 24.0. The highest BCUT2D eigenvalue weighted by Gasteiger charge is 2.31. The summed E-state index contributed by atoms with van der Waals surface area (Å²) in [7, 11) is -3.72. The Hall–Kier alpha value is -2.71. The van der Waals surface area contributed by atoms with Gasteiger partial charge in [0.25, 0.3) is 5.91 Å². The number of nitrogens with zero attached hydrogens (tertiary/aromatic N) is 2. The van der Waals surface area contributed by atoms with Crippen LogP contribution in [0.5, 0.6) is 0 Å². The van der Waals surface area contributed by atoms with Gasteiger partial charge in [-0.1, -0.05) is 42.8 Å². The molecule has 1 saturated heterocycles. The second-order valence-corrected chi connectivity index (χ2v) is 10.1. The molecule has 1 atom stereocenters. The number of likely N-dealkylation sites (N-methyl/N-ethyl adjacent to an activating group) is 1. The van der Waals surface area contributed by atoms with E-state index in [0.29, 0.717) is 37.3 Å². The average Bonchev–Trinajstić information content (AvgIpc) is 2.84. The Morgan fingerprint density at radius 3 is 2.24 bits per heavy atom. The molecule has 0 N–H and O–H groups in total. The molecule has 0 unspecified atom stereocenters. The molecule has 0 aliphatic carbocycles. The summed E-state index contributed by atoms with van der Waals surface area (Å²) in [6.07, 6.45) is 1.55. The molecule has 1 aliphatic rings. The van der Waals surface area contributed by atoms with Gasteiger partial charge in [-0.05, 0) is 51.3 Å². The number of carbonyl (C=O) groups excluding carboxylic acids is 2. The van der Waals surface area contributed by atoms with Gasteiger partial charge in [-0.2, -0.15) is 4.31 Å². The third kappa shape index (κ3) is 5.62. The molecule has 0 bridgehead atoms. The second kappa shape index (κ2) is 10.9. The van der Waals surface area contributed by atoms with Gasteiger partial charge in [-0.25, -0.2) is 13.2 Å². The van der Waals surface area contributed by atoms with Crippen LogP contribution >= 0.6 is 0 Å². The standard InChI is InChI=1S/C25H32N2O5S/c1-4-26(5-2)24(28)23(20-12-8-6-9-13-20)32-25(29)21-15-14-19(3)22(18-21)33(30,31)27-16-10-7-11-17-27/h6,8-9,12-15,18,23H,4-5,7,10-11,16-17H2,1-3H3/t23-/m0/s1. The van der Waals surface area contributed by atoms with E-state index < -0.39 is 22.1 Å². The van der Waals surface area contributed by atoms with E-state index in [4.69, 9.17) is 4.74 Å². The summed E-state index contributed by atoms with van der Waals surface area (Å²) in [5.74, 6) is -1.05. The highest BCUT2D eigenvalue weighted by molar-refractivity contribution is 7.89. The number of esters is 1. The molecule has 8 heteroatoms. The fraction of sp³-hybridized carbons (Fsp3) is 0.440. The number of carbonyl (C=O) groups is 2. The Kier molecular flexibility index (Phi) is 8.26. The van der Waals surface area contributed by atoms with Crippen LogP contribution in [0.3, 0.4) is 0 Å². The molecule has 0 spiro atoms. The fourth-order valence-corrected chi connectivity index (χ4v) is 5.78. The van der Waals surface area contributed by atoms with Crippen LogP contribution in [0.15, 0.2) is 53.4 Å². The summed E-state index contributed by atoms with van der Waals surface area (Å²) in [5, 5.41) is 0. The minimum absolute atomic E-state index is 0.101. The van der Waals surface area contributed by atoms with Crippen LogP contribution in [0.4, 0.5) is 0 Å². The van der Waals surface area contributed by atoms with E-state index in [1.807, 2.05) is 19.9 Å². The van der Waals surface area contributed by atoms with E-state index >= 15 is 0 Å². The molecule has 1 aliphatic heterocycles. The summed E-state index contributed by atoms with van der Waals surface area (Å²) in [6, 6.07) is 13.4. The van der Waals surface area contributed by atoms with Crippen molar-refractivity contribution < 1.29 is 22.7 Å². The lowest BCUT2D eigenvalue weighted by Crippen LogP contribution is -2.37. The number of amides is 1. The summed E-state index contributed by atoms with van der Waals surface area (Å²) in [5.41, 5.74) is 1.23. The van der Waals surface area contributed by atoms with Crippen LogP contribution in [0.25, 0.3) is 0 Å². The topological polar surface area (TPSA) is 84.0 Å². The first-order valence-corrected chi connectivity index (χ1v) is 12.9. The number of ether oxygens (including phenoxy) is 1. The average molecular weight is 473 g/mol. The Bertz CT molecular complexity index is 1080. The minimum Gasteiger partial charge on any atom is -0.444 e. The predicted molar refractivity (Wildman–Crippen MR) is 126 cm³/mol. The summed E-state index contributed by atoms with van der Waals surface area (Å²) < 4.78 is 33.6. The first kappa shape index (κ1) is 24.9. The van der Waals surface area contributed by atoms with Crippen molar-refractivity contribution in [1.82, 2.24) is 9.21 Å². The number of piperidine rings is 1. The lowest BCUT2D eigenvalue weighted by atomic mass is 10.1. The molecule has 1 fully saturated rings. The van der Waals surface area contributed by atoms with Gasteiger partial charge in [0, 0.05) is 31.7 Å². The van der Waals surface area contributed by atoms with E-state index in [1.165, 1.54) is 16.4 Å². The van der Waals surface area contributed by atoms with Crippen molar-refractivity contribution in [2.24, 2.45) is 0 Å². The van der Waals surface area contributed by atoms with E-state index in [0.717, 1.165) is 19.3 Å². The van der Waals surface area contributed by atoms with E-state index in [9.17, 15) is 18.0 Å². The number of hydrogen-bond donors (Lipinski definition) is 0. The maximum absolute atomic E-state index is 13.2. The van der Waals surface area contributed by atoms with Gasteiger partial charge in [0.1, 0.15) is 0 Å². The van der Waals surface area contributed by atoms with Crippen molar-refractivity contribution in [1.29, 1.82) is 0 Å². The van der Waals surface area contributed by atoms with Crippen LogP contribution < -0.4 is 0 Å². The predicted octanol–water partition coefficient (Wildman–Crippen LogP) is 3.94. The molecule has 33 heavy (non-hydrogen) atoms. The first-order chi connectivity index (χ1) is 15.8. The first-order valence-electron chi connectivity index (χ1n) is 11.4. The normalized spacial score (nSPS) is 15.6. The fourth-order valence-electron chi connectivity index (χ4n) is 4.01. The van der Waals surface area contributed by atoms with Crippen LogP contribution in [-0.4, -0.2) is 55.7 Å². The van der Waals surface area contributed by atoms with Crippen LogP contribution in [0, 0.1) is 6.92 Å². The summed E-state index contributed by atoms with van der Waals surface area (Å²) >= 11 is 0. The SMILES string of the molecule is CCN(CC)C(=O)[C@@H](OC(=O)c1ccc(C)c(S(=O)(=O)N2CCCCC2)c1)c1ccccc1. The number of benzene rings is 2. The Morgan fingerprint density at radius 1 is 1.00 bits per heavy atom. The van der Waals surface area contributed by atoms with E-state index in [-0.39, 0.29) is 16.4 Å². The highest BCUT2D eigenvalue weighted by atomic mass is 32.2. The maximum atomic E-state index is 13.2. The lowest BCUT2D eigenvalue weighted by molar-refractivity contribution is -0.140. The largest absolute Gasteiger partial charge is 0.444 e. The third-order valence-electron chi connectivity index (χ3n) is 5.98. The van der Waals surface area contributed by atoms with Crippen molar-refractivity contribution in [2.45, 2.75) is 51.0 Å². The molecule has 7 nitrogen and oxygen atoms in total. The van der Waals surface area contributed by atoms with E-state index in [2.05, 4.69) is 0 Å². The molecular weight excluding hydrogens is 440 g/mol. The van der Waals surface area contributed by atoms with Gasteiger partial charge in [0.05, 0.1) is 10.5 Å². The van der Waals surface area contributed by atoms with Gasteiger partial charge < -0.3 is 9.64 Å². The monoisotopic (exact) mass is 472 g/mol. The molecule has 0 aromatic heterocycles. The van der Waals surface area contributed by atoms with Crippen LogP contribution in [-0.2, 0) is 19.6 Å². The lowest BCUT2D eigenvalue weighted by Gasteiger charge is -2.27. The molecule has 2 aromatic carbocycles. The minimum atomic E-state index is -3.72. The maximum Gasteiger partial charge on any atom is 0.339 e. The molecule has 1 amide bonds.